The lowest BCUT2D eigenvalue weighted by Crippen LogP contribution is -2.30. The Balaban J connectivity index is 2.71. The Labute approximate surface area is 86.5 Å². The van der Waals surface area contributed by atoms with Crippen LogP contribution in [0.1, 0.15) is 13.0 Å². The van der Waals surface area contributed by atoms with E-state index in [1.165, 1.54) is 4.68 Å². The van der Waals surface area contributed by atoms with Crippen molar-refractivity contribution in [2.24, 2.45) is 5.73 Å². The second kappa shape index (κ2) is 3.78. The predicted octanol–water partition coefficient (Wildman–Crippen LogP) is 0.311. The number of fused-ring (bicyclic) bond motifs is 1. The molecule has 0 aliphatic heterocycles. The van der Waals surface area contributed by atoms with E-state index in [1.54, 1.807) is 12.1 Å². The standard InChI is InChI=1S/C10H12N4O/c1-7(6-11)14-10(15)8-4-2-3-5-9(8)12-13-14/h2-5,7H,6,11H2,1H3. The second-order valence-corrected chi connectivity index (χ2v) is 3.44. The van der Waals surface area contributed by atoms with Crippen molar-refractivity contribution >= 4 is 10.9 Å². The molecular formula is C10H12N4O. The van der Waals surface area contributed by atoms with Crippen molar-refractivity contribution in [2.75, 3.05) is 6.54 Å². The van der Waals surface area contributed by atoms with Crippen molar-refractivity contribution in [3.8, 4) is 0 Å². The Morgan fingerprint density at radius 2 is 2.20 bits per heavy atom. The van der Waals surface area contributed by atoms with Gasteiger partial charge in [0.1, 0.15) is 5.52 Å². The minimum Gasteiger partial charge on any atom is -0.328 e. The zero-order valence-electron chi connectivity index (χ0n) is 8.42. The van der Waals surface area contributed by atoms with E-state index >= 15 is 0 Å². The van der Waals surface area contributed by atoms with E-state index in [-0.39, 0.29) is 11.6 Å². The van der Waals surface area contributed by atoms with Gasteiger partial charge in [-0.25, -0.2) is 4.68 Å². The third-order valence-electron chi connectivity index (χ3n) is 2.35. The summed E-state index contributed by atoms with van der Waals surface area (Å²) < 4.78 is 1.32. The summed E-state index contributed by atoms with van der Waals surface area (Å²) >= 11 is 0. The monoisotopic (exact) mass is 204 g/mol. The fraction of sp³-hybridized carbons (Fsp3) is 0.300. The molecular weight excluding hydrogens is 192 g/mol. The molecule has 0 aliphatic rings. The average molecular weight is 204 g/mol. The van der Waals surface area contributed by atoms with Gasteiger partial charge in [-0.15, -0.1) is 5.10 Å². The maximum Gasteiger partial charge on any atom is 0.277 e. The van der Waals surface area contributed by atoms with E-state index in [4.69, 9.17) is 5.73 Å². The SMILES string of the molecule is CC(CN)n1nnc2ccccc2c1=O. The van der Waals surface area contributed by atoms with Gasteiger partial charge in [0, 0.05) is 6.54 Å². The van der Waals surface area contributed by atoms with Crippen LogP contribution in [0.5, 0.6) is 0 Å². The van der Waals surface area contributed by atoms with E-state index in [0.29, 0.717) is 17.4 Å². The number of benzene rings is 1. The average Bonchev–Trinajstić information content (AvgIpc) is 2.29. The minimum absolute atomic E-state index is 0.130. The first-order valence-corrected chi connectivity index (χ1v) is 4.78. The lowest BCUT2D eigenvalue weighted by Gasteiger charge is -2.10. The molecule has 0 spiro atoms. The molecule has 0 saturated carbocycles. The van der Waals surface area contributed by atoms with Gasteiger partial charge in [-0.2, -0.15) is 0 Å². The number of aromatic nitrogens is 3. The Morgan fingerprint density at radius 1 is 1.47 bits per heavy atom. The summed E-state index contributed by atoms with van der Waals surface area (Å²) in [5, 5.41) is 8.40. The molecule has 2 N–H and O–H groups in total. The number of hydrogen-bond acceptors (Lipinski definition) is 4. The van der Waals surface area contributed by atoms with Crippen molar-refractivity contribution in [1.82, 2.24) is 15.0 Å². The Hall–Kier alpha value is -1.75. The molecule has 0 amide bonds. The summed E-state index contributed by atoms with van der Waals surface area (Å²) in [6.07, 6.45) is 0. The first kappa shape index (κ1) is 9.79. The molecule has 0 aliphatic carbocycles. The van der Waals surface area contributed by atoms with Crippen molar-refractivity contribution < 1.29 is 0 Å². The third kappa shape index (κ3) is 1.61. The molecule has 1 aromatic heterocycles. The maximum absolute atomic E-state index is 11.9. The third-order valence-corrected chi connectivity index (χ3v) is 2.35. The van der Waals surface area contributed by atoms with E-state index in [9.17, 15) is 4.79 Å². The van der Waals surface area contributed by atoms with Gasteiger partial charge in [-0.3, -0.25) is 4.79 Å². The number of hydrogen-bond donors (Lipinski definition) is 1. The largest absolute Gasteiger partial charge is 0.328 e. The highest BCUT2D eigenvalue weighted by molar-refractivity contribution is 5.76. The minimum atomic E-state index is -0.140. The molecule has 2 aromatic rings. The van der Waals surface area contributed by atoms with Crippen molar-refractivity contribution in [2.45, 2.75) is 13.0 Å². The molecule has 5 heteroatoms. The fourth-order valence-corrected chi connectivity index (χ4v) is 1.39. The first-order chi connectivity index (χ1) is 7.24. The summed E-state index contributed by atoms with van der Waals surface area (Å²) in [6, 6.07) is 7.01. The van der Waals surface area contributed by atoms with Gasteiger partial charge in [-0.1, -0.05) is 17.3 Å². The Kier molecular flexibility index (Phi) is 2.47. The normalized spacial score (nSPS) is 12.9. The molecule has 78 valence electrons. The van der Waals surface area contributed by atoms with Gasteiger partial charge in [0.15, 0.2) is 0 Å². The van der Waals surface area contributed by atoms with Crippen LogP contribution in [0.4, 0.5) is 0 Å². The zero-order chi connectivity index (χ0) is 10.8. The van der Waals surface area contributed by atoms with Gasteiger partial charge in [0.05, 0.1) is 11.4 Å². The highest BCUT2D eigenvalue weighted by atomic mass is 16.1. The van der Waals surface area contributed by atoms with E-state index in [1.807, 2.05) is 19.1 Å². The summed E-state index contributed by atoms with van der Waals surface area (Å²) in [5.41, 5.74) is 5.96. The number of nitrogens with two attached hydrogens (primary N) is 1. The fourth-order valence-electron chi connectivity index (χ4n) is 1.39. The second-order valence-electron chi connectivity index (χ2n) is 3.44. The molecule has 1 aromatic carbocycles. The molecule has 1 unspecified atom stereocenters. The van der Waals surface area contributed by atoms with Crippen LogP contribution in [0.15, 0.2) is 29.1 Å². The molecule has 0 bridgehead atoms. The van der Waals surface area contributed by atoms with Crippen LogP contribution in [0.25, 0.3) is 10.9 Å². The van der Waals surface area contributed by atoms with Crippen LogP contribution in [-0.4, -0.2) is 21.5 Å². The zero-order valence-corrected chi connectivity index (χ0v) is 8.42. The Bertz CT molecular complexity index is 534. The van der Waals surface area contributed by atoms with Crippen LogP contribution < -0.4 is 11.3 Å². The lowest BCUT2D eigenvalue weighted by molar-refractivity contribution is 0.457. The maximum atomic E-state index is 11.9. The molecule has 1 atom stereocenters. The molecule has 0 fully saturated rings. The summed E-state index contributed by atoms with van der Waals surface area (Å²) in [4.78, 5) is 11.9. The Morgan fingerprint density at radius 3 is 2.93 bits per heavy atom. The molecule has 5 nitrogen and oxygen atoms in total. The van der Waals surface area contributed by atoms with Crippen LogP contribution in [-0.2, 0) is 0 Å². The smallest absolute Gasteiger partial charge is 0.277 e. The molecule has 0 saturated heterocycles. The van der Waals surface area contributed by atoms with Crippen molar-refractivity contribution in [3.05, 3.63) is 34.6 Å². The molecule has 1 heterocycles. The van der Waals surface area contributed by atoms with Gasteiger partial charge in [-0.05, 0) is 19.1 Å². The van der Waals surface area contributed by atoms with Gasteiger partial charge in [0.25, 0.3) is 5.56 Å². The quantitative estimate of drug-likeness (QED) is 0.764. The van der Waals surface area contributed by atoms with Crippen molar-refractivity contribution in [3.63, 3.8) is 0 Å². The number of nitrogens with zero attached hydrogens (tertiary/aromatic N) is 3. The summed E-state index contributed by atoms with van der Waals surface area (Å²) in [7, 11) is 0. The molecule has 0 radical (unpaired) electrons. The molecule has 15 heavy (non-hydrogen) atoms. The lowest BCUT2D eigenvalue weighted by atomic mass is 10.2. The van der Waals surface area contributed by atoms with Crippen LogP contribution in [0.3, 0.4) is 0 Å². The van der Waals surface area contributed by atoms with Crippen molar-refractivity contribution in [1.29, 1.82) is 0 Å². The highest BCUT2D eigenvalue weighted by Gasteiger charge is 2.09. The van der Waals surface area contributed by atoms with Crippen LogP contribution in [0.2, 0.25) is 0 Å². The summed E-state index contributed by atoms with van der Waals surface area (Å²) in [5.74, 6) is 0. The molecule has 2 rings (SSSR count). The first-order valence-electron chi connectivity index (χ1n) is 4.78. The van der Waals surface area contributed by atoms with E-state index < -0.39 is 0 Å². The topological polar surface area (TPSA) is 73.8 Å². The number of rotatable bonds is 2. The van der Waals surface area contributed by atoms with Gasteiger partial charge >= 0.3 is 0 Å². The van der Waals surface area contributed by atoms with Crippen LogP contribution >= 0.6 is 0 Å². The predicted molar refractivity (Wildman–Crippen MR) is 57.6 cm³/mol. The van der Waals surface area contributed by atoms with Gasteiger partial charge in [0.2, 0.25) is 0 Å². The van der Waals surface area contributed by atoms with Gasteiger partial charge < -0.3 is 5.73 Å². The van der Waals surface area contributed by atoms with Crippen LogP contribution in [0, 0.1) is 0 Å². The van der Waals surface area contributed by atoms with E-state index in [0.717, 1.165) is 0 Å². The summed E-state index contributed by atoms with van der Waals surface area (Å²) in [6.45, 7) is 2.21. The van der Waals surface area contributed by atoms with E-state index in [2.05, 4.69) is 10.3 Å². The highest BCUT2D eigenvalue weighted by Crippen LogP contribution is 2.05.